The van der Waals surface area contributed by atoms with Crippen molar-refractivity contribution in [1.82, 2.24) is 0 Å². The molecule has 1 aromatic carbocycles. The predicted octanol–water partition coefficient (Wildman–Crippen LogP) is 4.47. The summed E-state index contributed by atoms with van der Waals surface area (Å²) in [6, 6.07) is 0. The van der Waals surface area contributed by atoms with E-state index in [-0.39, 0.29) is 22.1 Å². The van der Waals surface area contributed by atoms with Gasteiger partial charge in [0.15, 0.2) is 6.29 Å². The number of phenols is 2. The second-order valence-corrected chi connectivity index (χ2v) is 6.44. The largest absolute Gasteiger partial charge is 0.507 e. The molecule has 0 aromatic heterocycles. The van der Waals surface area contributed by atoms with E-state index in [1.165, 1.54) is 0 Å². The summed E-state index contributed by atoms with van der Waals surface area (Å²) >= 11 is 6.03. The molecule has 0 saturated carbocycles. The van der Waals surface area contributed by atoms with E-state index < -0.39 is 6.10 Å². The van der Waals surface area contributed by atoms with Crippen molar-refractivity contribution in [3.8, 4) is 11.5 Å². The molecule has 0 aliphatic carbocycles. The number of allylic oxidation sites excluding steroid dienone is 3. The van der Waals surface area contributed by atoms with Crippen LogP contribution in [0.2, 0.25) is 5.02 Å². The van der Waals surface area contributed by atoms with Gasteiger partial charge in [-0.15, -0.1) is 0 Å². The lowest BCUT2D eigenvalue weighted by Crippen LogP contribution is -2.00. The second kappa shape index (κ2) is 8.90. The van der Waals surface area contributed by atoms with Gasteiger partial charge < -0.3 is 15.3 Å². The molecule has 0 fully saturated rings. The Hall–Kier alpha value is -1.78. The third kappa shape index (κ3) is 4.86. The highest BCUT2D eigenvalue weighted by atomic mass is 35.5. The highest BCUT2D eigenvalue weighted by Gasteiger charge is 2.19. The summed E-state index contributed by atoms with van der Waals surface area (Å²) in [5, 5.41) is 29.5. The number of hydrogen-bond donors (Lipinski definition) is 3. The molecule has 0 saturated heterocycles. The van der Waals surface area contributed by atoms with E-state index in [0.29, 0.717) is 23.8 Å². The van der Waals surface area contributed by atoms with Crippen molar-refractivity contribution in [2.45, 2.75) is 53.1 Å². The Labute approximate surface area is 148 Å². The first-order valence-electron chi connectivity index (χ1n) is 7.89. The molecule has 4 nitrogen and oxygen atoms in total. The lowest BCUT2D eigenvalue weighted by molar-refractivity contribution is 0.111. The van der Waals surface area contributed by atoms with Crippen LogP contribution in [0, 0.1) is 6.92 Å². The number of phenolic OH excluding ortho intramolecular Hbond substituents is 2. The lowest BCUT2D eigenvalue weighted by Gasteiger charge is -2.13. The molecular weight excluding hydrogens is 328 g/mol. The smallest absolute Gasteiger partial charge is 0.157 e. The predicted molar refractivity (Wildman–Crippen MR) is 97.0 cm³/mol. The van der Waals surface area contributed by atoms with Crippen LogP contribution >= 0.6 is 11.6 Å². The number of aldehydes is 1. The number of aliphatic hydroxyl groups is 1. The Morgan fingerprint density at radius 2 is 1.83 bits per heavy atom. The fourth-order valence-electron chi connectivity index (χ4n) is 2.32. The molecule has 1 aromatic rings. The molecule has 0 aliphatic heterocycles. The highest BCUT2D eigenvalue weighted by Crippen LogP contribution is 2.40. The molecule has 0 heterocycles. The van der Waals surface area contributed by atoms with E-state index in [4.69, 9.17) is 11.6 Å². The third-order valence-corrected chi connectivity index (χ3v) is 4.68. The normalized spacial score (nSPS) is 13.9. The third-order valence-electron chi connectivity index (χ3n) is 4.22. The van der Waals surface area contributed by atoms with Crippen molar-refractivity contribution < 1.29 is 20.1 Å². The number of aliphatic hydroxyl groups excluding tert-OH is 1. The van der Waals surface area contributed by atoms with E-state index in [2.05, 4.69) is 0 Å². The summed E-state index contributed by atoms with van der Waals surface area (Å²) in [7, 11) is 0. The summed E-state index contributed by atoms with van der Waals surface area (Å²) < 4.78 is 0. The SMILES string of the molecule is C/C(=C\Cc1c(C)c(Cl)c(O)c(C=O)c1O)CC/C=C(\C)C(C)O. The van der Waals surface area contributed by atoms with Crippen molar-refractivity contribution in [3.05, 3.63) is 45.0 Å². The summed E-state index contributed by atoms with van der Waals surface area (Å²) in [6.07, 6.45) is 6.01. The van der Waals surface area contributed by atoms with Gasteiger partial charge in [0, 0.05) is 5.56 Å². The Kier molecular flexibility index (Phi) is 7.52. The standard InChI is InChI=1S/C19H25ClO4/c1-11(6-5-7-12(2)14(4)22)8-9-15-13(3)17(20)19(24)16(10-21)18(15)23/h7-8,10,14,22-24H,5-6,9H2,1-4H3/b11-8+,12-7+. The number of rotatable bonds is 7. The van der Waals surface area contributed by atoms with Gasteiger partial charge in [-0.2, -0.15) is 0 Å². The van der Waals surface area contributed by atoms with E-state index in [1.54, 1.807) is 13.8 Å². The van der Waals surface area contributed by atoms with Crippen LogP contribution < -0.4 is 0 Å². The quantitative estimate of drug-likeness (QED) is 0.500. The van der Waals surface area contributed by atoms with Gasteiger partial charge in [-0.1, -0.05) is 29.3 Å². The highest BCUT2D eigenvalue weighted by molar-refractivity contribution is 6.33. The summed E-state index contributed by atoms with van der Waals surface area (Å²) in [6.45, 7) is 7.31. The van der Waals surface area contributed by atoms with E-state index in [0.717, 1.165) is 24.0 Å². The van der Waals surface area contributed by atoms with Crippen LogP contribution in [0.15, 0.2) is 23.3 Å². The van der Waals surface area contributed by atoms with Gasteiger partial charge in [0.1, 0.15) is 11.5 Å². The Morgan fingerprint density at radius 3 is 2.38 bits per heavy atom. The van der Waals surface area contributed by atoms with Crippen molar-refractivity contribution >= 4 is 17.9 Å². The van der Waals surface area contributed by atoms with Crippen LogP contribution in [0.5, 0.6) is 11.5 Å². The Morgan fingerprint density at radius 1 is 1.21 bits per heavy atom. The van der Waals surface area contributed by atoms with Crippen molar-refractivity contribution in [2.24, 2.45) is 0 Å². The molecule has 1 atom stereocenters. The molecule has 0 spiro atoms. The Balaban J connectivity index is 2.92. The zero-order valence-corrected chi connectivity index (χ0v) is 15.3. The Bertz CT molecular complexity index is 673. The first-order chi connectivity index (χ1) is 11.2. The maximum atomic E-state index is 11.0. The van der Waals surface area contributed by atoms with E-state index in [1.807, 2.05) is 26.0 Å². The summed E-state index contributed by atoms with van der Waals surface area (Å²) in [4.78, 5) is 11.0. The van der Waals surface area contributed by atoms with Crippen LogP contribution in [0.3, 0.4) is 0 Å². The van der Waals surface area contributed by atoms with Gasteiger partial charge in [0.05, 0.1) is 16.7 Å². The number of carbonyl (C=O) groups excluding carboxylic acids is 1. The minimum Gasteiger partial charge on any atom is -0.507 e. The van der Waals surface area contributed by atoms with Gasteiger partial charge in [-0.05, 0) is 58.1 Å². The minimum atomic E-state index is -0.435. The number of hydrogen-bond acceptors (Lipinski definition) is 4. The van der Waals surface area contributed by atoms with Gasteiger partial charge in [-0.3, -0.25) is 4.79 Å². The molecule has 24 heavy (non-hydrogen) atoms. The number of benzene rings is 1. The topological polar surface area (TPSA) is 77.8 Å². The fourth-order valence-corrected chi connectivity index (χ4v) is 2.53. The monoisotopic (exact) mass is 352 g/mol. The second-order valence-electron chi connectivity index (χ2n) is 6.06. The van der Waals surface area contributed by atoms with Crippen LogP contribution in [0.1, 0.15) is 55.1 Å². The maximum Gasteiger partial charge on any atom is 0.157 e. The average Bonchev–Trinajstić information content (AvgIpc) is 2.53. The van der Waals surface area contributed by atoms with Crippen LogP contribution in [0.25, 0.3) is 0 Å². The molecule has 0 amide bonds. The molecule has 3 N–H and O–H groups in total. The van der Waals surface area contributed by atoms with Gasteiger partial charge in [0.25, 0.3) is 0 Å². The molecule has 0 aliphatic rings. The lowest BCUT2D eigenvalue weighted by atomic mass is 9.98. The van der Waals surface area contributed by atoms with E-state index in [9.17, 15) is 20.1 Å². The van der Waals surface area contributed by atoms with E-state index >= 15 is 0 Å². The zero-order valence-electron chi connectivity index (χ0n) is 14.6. The van der Waals surface area contributed by atoms with Crippen molar-refractivity contribution in [2.75, 3.05) is 0 Å². The molecule has 1 unspecified atom stereocenters. The molecule has 1 rings (SSSR count). The molecular formula is C19H25ClO4. The first-order valence-corrected chi connectivity index (χ1v) is 8.26. The fraction of sp³-hybridized carbons (Fsp3) is 0.421. The molecule has 132 valence electrons. The number of halogens is 1. The molecule has 0 bridgehead atoms. The van der Waals surface area contributed by atoms with Crippen LogP contribution in [-0.4, -0.2) is 27.7 Å². The van der Waals surface area contributed by atoms with Gasteiger partial charge >= 0.3 is 0 Å². The van der Waals surface area contributed by atoms with Crippen molar-refractivity contribution in [1.29, 1.82) is 0 Å². The maximum absolute atomic E-state index is 11.0. The zero-order chi connectivity index (χ0) is 18.4. The number of carbonyl (C=O) groups is 1. The van der Waals surface area contributed by atoms with Crippen LogP contribution in [0.4, 0.5) is 0 Å². The molecule has 0 radical (unpaired) electrons. The van der Waals surface area contributed by atoms with Crippen LogP contribution in [-0.2, 0) is 6.42 Å². The summed E-state index contributed by atoms with van der Waals surface area (Å²) in [5.41, 5.74) is 2.99. The molecule has 5 heteroatoms. The first kappa shape index (κ1) is 20.3. The minimum absolute atomic E-state index is 0.0893. The van der Waals surface area contributed by atoms with Gasteiger partial charge in [-0.25, -0.2) is 0 Å². The average molecular weight is 353 g/mol. The number of aromatic hydroxyl groups is 2. The summed E-state index contributed by atoms with van der Waals surface area (Å²) in [5.74, 6) is -0.608. The van der Waals surface area contributed by atoms with Gasteiger partial charge in [0.2, 0.25) is 0 Å². The van der Waals surface area contributed by atoms with Crippen molar-refractivity contribution in [3.63, 3.8) is 0 Å².